The van der Waals surface area contributed by atoms with Gasteiger partial charge in [0.1, 0.15) is 30.6 Å². The number of carbonyl (C=O) groups is 2. The van der Waals surface area contributed by atoms with Crippen LogP contribution in [0, 0.1) is 0 Å². The summed E-state index contributed by atoms with van der Waals surface area (Å²) in [5, 5.41) is 8.55. The van der Waals surface area contributed by atoms with Crippen LogP contribution in [0.25, 0.3) is 0 Å². The van der Waals surface area contributed by atoms with Crippen molar-refractivity contribution < 1.29 is 37.7 Å². The maximum absolute atomic E-state index is 13.4. The summed E-state index contributed by atoms with van der Waals surface area (Å²) in [5.41, 5.74) is 2.05. The van der Waals surface area contributed by atoms with Gasteiger partial charge in [-0.05, 0) is 56.3 Å². The van der Waals surface area contributed by atoms with Crippen molar-refractivity contribution in [2.75, 3.05) is 34.4 Å². The Morgan fingerprint density at radius 2 is 1.82 bits per heavy atom. The number of hydrogen-bond acceptors (Lipinski definition) is 6. The molecule has 9 heteroatoms. The average Bonchev–Trinajstić information content (AvgIpc) is 2.79. The molecule has 0 amide bonds. The summed E-state index contributed by atoms with van der Waals surface area (Å²) in [4.78, 5) is 24.4. The van der Waals surface area contributed by atoms with Crippen LogP contribution in [0.2, 0.25) is 0 Å². The summed E-state index contributed by atoms with van der Waals surface area (Å²) in [7, 11) is 5.27. The highest BCUT2D eigenvalue weighted by molar-refractivity contribution is 5.82. The van der Waals surface area contributed by atoms with E-state index in [1.165, 1.54) is 0 Å². The monoisotopic (exact) mass is 479 g/mol. The third kappa shape index (κ3) is 8.97. The third-order valence-electron chi connectivity index (χ3n) is 5.09. The molecule has 0 saturated heterocycles. The van der Waals surface area contributed by atoms with E-state index in [1.54, 1.807) is 13.2 Å². The van der Waals surface area contributed by atoms with Gasteiger partial charge in [-0.1, -0.05) is 30.3 Å². The molecule has 2 aromatic carbocycles. The summed E-state index contributed by atoms with van der Waals surface area (Å²) >= 11 is 0. The standard InChI is InChI=1S/C25H31F2NO6/c1-28(2)14-13-21(34-23(29)16-25(26,27)24(30)31)17-33-22-10-5-4-8-19(22)12-11-18-7-6-9-20(15-18)32-3/h4-10,15,21H,11-14,16-17H2,1-3H3,(H,30,31)/t21-/m1/s1. The highest BCUT2D eigenvalue weighted by atomic mass is 19.3. The fourth-order valence-corrected chi connectivity index (χ4v) is 3.20. The van der Waals surface area contributed by atoms with Crippen LogP contribution >= 0.6 is 0 Å². The predicted octanol–water partition coefficient (Wildman–Crippen LogP) is 3.83. The van der Waals surface area contributed by atoms with Crippen molar-refractivity contribution >= 4 is 11.9 Å². The molecular formula is C25H31F2NO6. The van der Waals surface area contributed by atoms with Gasteiger partial charge in [0.2, 0.25) is 0 Å². The second-order valence-corrected chi connectivity index (χ2v) is 8.16. The molecule has 1 N–H and O–H groups in total. The molecule has 0 aliphatic carbocycles. The average molecular weight is 480 g/mol. The Morgan fingerprint density at radius 3 is 2.50 bits per heavy atom. The van der Waals surface area contributed by atoms with E-state index >= 15 is 0 Å². The van der Waals surface area contributed by atoms with E-state index in [0.717, 1.165) is 23.3 Å². The Hall–Kier alpha value is -3.20. The SMILES string of the molecule is COc1cccc(CCc2ccccc2OC[C@@H](CCN(C)C)OC(=O)CC(F)(F)C(=O)O)c1. The first kappa shape index (κ1) is 27.0. The number of ether oxygens (including phenoxy) is 3. The fraction of sp³-hybridized carbons (Fsp3) is 0.440. The van der Waals surface area contributed by atoms with Crippen molar-refractivity contribution in [3.63, 3.8) is 0 Å². The molecule has 0 aromatic heterocycles. The smallest absolute Gasteiger partial charge is 0.375 e. The number of rotatable bonds is 14. The Kier molecular flexibility index (Phi) is 10.2. The summed E-state index contributed by atoms with van der Waals surface area (Å²) in [6.45, 7) is 0.475. The highest BCUT2D eigenvalue weighted by Crippen LogP contribution is 2.23. The Morgan fingerprint density at radius 1 is 1.09 bits per heavy atom. The molecule has 0 bridgehead atoms. The minimum Gasteiger partial charge on any atom is -0.497 e. The maximum atomic E-state index is 13.4. The molecule has 34 heavy (non-hydrogen) atoms. The lowest BCUT2D eigenvalue weighted by Gasteiger charge is -2.22. The predicted molar refractivity (Wildman–Crippen MR) is 123 cm³/mol. The number of carboxylic acid groups (broad SMARTS) is 1. The van der Waals surface area contributed by atoms with Gasteiger partial charge in [0.25, 0.3) is 0 Å². The van der Waals surface area contributed by atoms with Crippen molar-refractivity contribution in [1.29, 1.82) is 0 Å². The first-order chi connectivity index (χ1) is 16.1. The van der Waals surface area contributed by atoms with Crippen molar-refractivity contribution in [2.24, 2.45) is 0 Å². The quantitative estimate of drug-likeness (QED) is 0.412. The Labute approximate surface area is 198 Å². The Balaban J connectivity index is 2.03. The van der Waals surface area contributed by atoms with Gasteiger partial charge in [0, 0.05) is 13.0 Å². The van der Waals surface area contributed by atoms with Gasteiger partial charge < -0.3 is 24.2 Å². The van der Waals surface area contributed by atoms with Crippen LogP contribution in [0.1, 0.15) is 24.0 Å². The van der Waals surface area contributed by atoms with Crippen LogP contribution in [0.15, 0.2) is 48.5 Å². The molecule has 2 aromatic rings. The lowest BCUT2D eigenvalue weighted by atomic mass is 10.0. The number of halogens is 2. The van der Waals surface area contributed by atoms with Gasteiger partial charge in [0.05, 0.1) is 7.11 Å². The van der Waals surface area contributed by atoms with Crippen molar-refractivity contribution in [1.82, 2.24) is 4.90 Å². The number of carbonyl (C=O) groups excluding carboxylic acids is 1. The Bertz CT molecular complexity index is 951. The van der Waals surface area contributed by atoms with Crippen LogP contribution < -0.4 is 9.47 Å². The number of carboxylic acids is 1. The van der Waals surface area contributed by atoms with Crippen LogP contribution in [0.3, 0.4) is 0 Å². The number of methoxy groups -OCH3 is 1. The van der Waals surface area contributed by atoms with Gasteiger partial charge in [0.15, 0.2) is 0 Å². The van der Waals surface area contributed by atoms with Gasteiger partial charge in [-0.3, -0.25) is 4.79 Å². The number of nitrogens with zero attached hydrogens (tertiary/aromatic N) is 1. The summed E-state index contributed by atoms with van der Waals surface area (Å²) in [6, 6.07) is 15.2. The number of esters is 1. The minimum atomic E-state index is -4.18. The molecule has 0 heterocycles. The summed E-state index contributed by atoms with van der Waals surface area (Å²) in [5.74, 6) is -6.45. The molecule has 7 nitrogen and oxygen atoms in total. The van der Waals surface area contributed by atoms with Crippen LogP contribution in [0.5, 0.6) is 11.5 Å². The number of alkyl halides is 2. The topological polar surface area (TPSA) is 85.3 Å². The number of aliphatic carboxylic acids is 1. The van der Waals surface area contributed by atoms with E-state index in [1.807, 2.05) is 61.5 Å². The van der Waals surface area contributed by atoms with Crippen LogP contribution in [0.4, 0.5) is 8.78 Å². The first-order valence-electron chi connectivity index (χ1n) is 10.9. The van der Waals surface area contributed by atoms with Gasteiger partial charge in [-0.2, -0.15) is 8.78 Å². The molecule has 0 aliphatic heterocycles. The van der Waals surface area contributed by atoms with Crippen LogP contribution in [-0.2, 0) is 27.2 Å². The molecule has 0 spiro atoms. The maximum Gasteiger partial charge on any atom is 0.375 e. The van der Waals surface area contributed by atoms with E-state index in [4.69, 9.17) is 19.3 Å². The van der Waals surface area contributed by atoms with E-state index in [0.29, 0.717) is 25.1 Å². The number of hydrogen-bond donors (Lipinski definition) is 1. The molecule has 1 atom stereocenters. The van der Waals surface area contributed by atoms with Crippen molar-refractivity contribution in [3.8, 4) is 11.5 Å². The lowest BCUT2D eigenvalue weighted by molar-refractivity contribution is -0.176. The van der Waals surface area contributed by atoms with Gasteiger partial charge in [-0.25, -0.2) is 4.79 Å². The van der Waals surface area contributed by atoms with Gasteiger partial charge in [-0.15, -0.1) is 0 Å². The van der Waals surface area contributed by atoms with E-state index in [9.17, 15) is 18.4 Å². The number of para-hydroxylation sites is 1. The number of aryl methyl sites for hydroxylation is 2. The zero-order valence-electron chi connectivity index (χ0n) is 19.6. The van der Waals surface area contributed by atoms with Crippen LogP contribution in [-0.4, -0.2) is 68.3 Å². The molecule has 0 saturated carbocycles. The van der Waals surface area contributed by atoms with E-state index in [-0.39, 0.29) is 6.61 Å². The highest BCUT2D eigenvalue weighted by Gasteiger charge is 2.42. The van der Waals surface area contributed by atoms with E-state index in [2.05, 4.69) is 0 Å². The molecule has 0 fully saturated rings. The van der Waals surface area contributed by atoms with Gasteiger partial charge >= 0.3 is 17.9 Å². The molecule has 2 rings (SSSR count). The fourth-order valence-electron chi connectivity index (χ4n) is 3.20. The lowest BCUT2D eigenvalue weighted by Crippen LogP contribution is -2.35. The molecule has 0 aliphatic rings. The molecule has 186 valence electrons. The van der Waals surface area contributed by atoms with Crippen molar-refractivity contribution in [3.05, 3.63) is 59.7 Å². The molecule has 0 unspecified atom stereocenters. The summed E-state index contributed by atoms with van der Waals surface area (Å²) < 4.78 is 43.1. The van der Waals surface area contributed by atoms with E-state index < -0.39 is 30.4 Å². The normalized spacial score (nSPS) is 12.3. The number of benzene rings is 2. The third-order valence-corrected chi connectivity index (χ3v) is 5.09. The zero-order chi connectivity index (χ0) is 25.1. The largest absolute Gasteiger partial charge is 0.497 e. The summed E-state index contributed by atoms with van der Waals surface area (Å²) in [6.07, 6.45) is -0.565. The first-order valence-corrected chi connectivity index (χ1v) is 10.9. The molecular weight excluding hydrogens is 448 g/mol. The van der Waals surface area contributed by atoms with Crippen molar-refractivity contribution in [2.45, 2.75) is 37.7 Å². The second kappa shape index (κ2) is 12.9. The zero-order valence-corrected chi connectivity index (χ0v) is 19.6. The second-order valence-electron chi connectivity index (χ2n) is 8.16. The molecule has 0 radical (unpaired) electrons. The minimum absolute atomic E-state index is 0.0472.